The Balaban J connectivity index is 2.17. The van der Waals surface area contributed by atoms with Crippen LogP contribution >= 0.6 is 38.6 Å². The predicted molar refractivity (Wildman–Crippen MR) is 83.7 cm³/mol. The first kappa shape index (κ1) is 14.5. The largest absolute Gasteiger partial charge is 0.375 e. The molecule has 19 heavy (non-hydrogen) atoms. The van der Waals surface area contributed by atoms with E-state index in [0.717, 1.165) is 8.66 Å². The van der Waals surface area contributed by atoms with Gasteiger partial charge in [-0.1, -0.05) is 11.3 Å². The van der Waals surface area contributed by atoms with Crippen molar-refractivity contribution in [3.8, 4) is 0 Å². The summed E-state index contributed by atoms with van der Waals surface area (Å²) in [5.74, 6) is -0.00118. The van der Waals surface area contributed by atoms with Gasteiger partial charge in [0.15, 0.2) is 5.13 Å². The van der Waals surface area contributed by atoms with Gasteiger partial charge in [-0.3, -0.25) is 4.79 Å². The van der Waals surface area contributed by atoms with Gasteiger partial charge in [0.1, 0.15) is 4.88 Å². The lowest BCUT2D eigenvalue weighted by Gasteiger charge is -2.19. The molecule has 0 atom stereocenters. The van der Waals surface area contributed by atoms with Crippen molar-refractivity contribution in [2.45, 2.75) is 20.4 Å². The Kier molecular flexibility index (Phi) is 4.59. The van der Waals surface area contributed by atoms with Crippen LogP contribution in [0.2, 0.25) is 0 Å². The minimum atomic E-state index is -0.00118. The molecule has 0 saturated carbocycles. The number of carbonyl (C=O) groups is 1. The third kappa shape index (κ3) is 3.34. The van der Waals surface area contributed by atoms with Gasteiger partial charge in [0.25, 0.3) is 5.91 Å². The van der Waals surface area contributed by atoms with Gasteiger partial charge in [-0.15, -0.1) is 11.3 Å². The van der Waals surface area contributed by atoms with Crippen molar-refractivity contribution >= 4 is 49.6 Å². The van der Waals surface area contributed by atoms with Gasteiger partial charge in [0.05, 0.1) is 16.0 Å². The number of rotatable bonds is 4. The first-order valence-corrected chi connectivity index (χ1v) is 8.20. The van der Waals surface area contributed by atoms with E-state index in [1.807, 2.05) is 26.0 Å². The van der Waals surface area contributed by atoms with Crippen LogP contribution in [0, 0.1) is 6.92 Å². The van der Waals surface area contributed by atoms with Gasteiger partial charge in [-0.2, -0.15) is 0 Å². The SMILES string of the molecule is CCN(Cc1ccc(Br)s1)C(=O)c1sc(N)nc1C. The molecule has 0 saturated heterocycles. The Bertz CT molecular complexity index is 594. The summed E-state index contributed by atoms with van der Waals surface area (Å²) in [5.41, 5.74) is 6.35. The van der Waals surface area contributed by atoms with Crippen LogP contribution in [0.15, 0.2) is 15.9 Å². The molecule has 0 fully saturated rings. The number of nitrogens with zero attached hydrogens (tertiary/aromatic N) is 2. The van der Waals surface area contributed by atoms with E-state index in [9.17, 15) is 4.79 Å². The van der Waals surface area contributed by atoms with E-state index in [0.29, 0.717) is 28.8 Å². The number of amides is 1. The highest BCUT2D eigenvalue weighted by Crippen LogP contribution is 2.26. The van der Waals surface area contributed by atoms with Gasteiger partial charge >= 0.3 is 0 Å². The molecule has 0 bridgehead atoms. The van der Waals surface area contributed by atoms with E-state index in [1.165, 1.54) is 11.3 Å². The number of hydrogen-bond acceptors (Lipinski definition) is 5. The van der Waals surface area contributed by atoms with Crippen LogP contribution in [-0.2, 0) is 6.54 Å². The summed E-state index contributed by atoms with van der Waals surface area (Å²) in [7, 11) is 0. The third-order valence-corrected chi connectivity index (χ3v) is 5.23. The van der Waals surface area contributed by atoms with Crippen LogP contribution in [0.25, 0.3) is 0 Å². The Morgan fingerprint density at radius 2 is 2.21 bits per heavy atom. The second kappa shape index (κ2) is 6.02. The second-order valence-electron chi connectivity index (χ2n) is 3.99. The molecular weight excluding hydrogens is 346 g/mol. The Morgan fingerprint density at radius 3 is 2.68 bits per heavy atom. The zero-order chi connectivity index (χ0) is 14.0. The Morgan fingerprint density at radius 1 is 1.47 bits per heavy atom. The summed E-state index contributed by atoms with van der Waals surface area (Å²) in [6.07, 6.45) is 0. The maximum atomic E-state index is 12.5. The van der Waals surface area contributed by atoms with Gasteiger partial charge in [0, 0.05) is 11.4 Å². The number of nitrogen functional groups attached to an aromatic ring is 1. The highest BCUT2D eigenvalue weighted by molar-refractivity contribution is 9.11. The molecule has 0 aromatic carbocycles. The fourth-order valence-electron chi connectivity index (χ4n) is 1.71. The van der Waals surface area contributed by atoms with E-state index in [1.54, 1.807) is 16.2 Å². The maximum Gasteiger partial charge on any atom is 0.266 e. The summed E-state index contributed by atoms with van der Waals surface area (Å²) in [5, 5.41) is 0.441. The number of anilines is 1. The molecule has 2 aromatic rings. The van der Waals surface area contributed by atoms with Crippen molar-refractivity contribution in [2.75, 3.05) is 12.3 Å². The smallest absolute Gasteiger partial charge is 0.266 e. The van der Waals surface area contributed by atoms with Crippen LogP contribution in [0.1, 0.15) is 27.2 Å². The van der Waals surface area contributed by atoms with Crippen LogP contribution < -0.4 is 5.73 Å². The fraction of sp³-hybridized carbons (Fsp3) is 0.333. The molecule has 2 heterocycles. The number of carbonyl (C=O) groups excluding carboxylic acids is 1. The quantitative estimate of drug-likeness (QED) is 0.908. The molecule has 0 unspecified atom stereocenters. The molecule has 2 N–H and O–H groups in total. The van der Waals surface area contributed by atoms with Gasteiger partial charge < -0.3 is 10.6 Å². The van der Waals surface area contributed by atoms with Crippen molar-refractivity contribution in [1.82, 2.24) is 9.88 Å². The predicted octanol–water partition coefficient (Wildman–Crippen LogP) is 3.52. The highest BCUT2D eigenvalue weighted by atomic mass is 79.9. The summed E-state index contributed by atoms with van der Waals surface area (Å²) in [4.78, 5) is 20.1. The number of hydrogen-bond donors (Lipinski definition) is 1. The van der Waals surface area contributed by atoms with Crippen LogP contribution in [-0.4, -0.2) is 22.3 Å². The second-order valence-corrected chi connectivity index (χ2v) is 7.57. The lowest BCUT2D eigenvalue weighted by atomic mass is 10.3. The monoisotopic (exact) mass is 359 g/mol. The van der Waals surface area contributed by atoms with Gasteiger partial charge in [-0.05, 0) is 41.9 Å². The third-order valence-electron chi connectivity index (χ3n) is 2.65. The zero-order valence-electron chi connectivity index (χ0n) is 10.6. The number of aromatic nitrogens is 1. The standard InChI is InChI=1S/C12H14BrN3OS2/c1-3-16(6-8-4-5-9(13)18-8)11(17)10-7(2)15-12(14)19-10/h4-5H,3,6H2,1-2H3,(H2,14,15). The topological polar surface area (TPSA) is 59.2 Å². The highest BCUT2D eigenvalue weighted by Gasteiger charge is 2.20. The molecule has 2 rings (SSSR count). The summed E-state index contributed by atoms with van der Waals surface area (Å²) >= 11 is 6.32. The van der Waals surface area contributed by atoms with Crippen LogP contribution in [0.4, 0.5) is 5.13 Å². The minimum Gasteiger partial charge on any atom is -0.375 e. The minimum absolute atomic E-state index is 0.00118. The molecule has 0 aliphatic heterocycles. The fourth-order valence-corrected chi connectivity index (χ4v) is 4.01. The molecule has 0 aliphatic carbocycles. The van der Waals surface area contributed by atoms with Crippen LogP contribution in [0.3, 0.4) is 0 Å². The normalized spacial score (nSPS) is 10.7. The molecule has 7 heteroatoms. The van der Waals surface area contributed by atoms with Crippen LogP contribution in [0.5, 0.6) is 0 Å². The lowest BCUT2D eigenvalue weighted by Crippen LogP contribution is -2.29. The molecule has 1 amide bonds. The zero-order valence-corrected chi connectivity index (χ0v) is 13.9. The van der Waals surface area contributed by atoms with Crippen molar-refractivity contribution in [2.24, 2.45) is 0 Å². The molecule has 0 radical (unpaired) electrons. The summed E-state index contributed by atoms with van der Waals surface area (Å²) in [6.45, 7) is 5.06. The Hall–Kier alpha value is -0.920. The number of thiophene rings is 1. The molecular formula is C12H14BrN3OS2. The molecule has 0 aliphatic rings. The maximum absolute atomic E-state index is 12.5. The first-order valence-electron chi connectivity index (χ1n) is 5.77. The van der Waals surface area contributed by atoms with Crippen molar-refractivity contribution < 1.29 is 4.79 Å². The average molecular weight is 360 g/mol. The number of halogens is 1. The molecule has 4 nitrogen and oxygen atoms in total. The van der Waals surface area contributed by atoms with E-state index in [-0.39, 0.29) is 5.91 Å². The van der Waals surface area contributed by atoms with Crippen molar-refractivity contribution in [1.29, 1.82) is 0 Å². The van der Waals surface area contributed by atoms with Crippen molar-refractivity contribution in [3.05, 3.63) is 31.4 Å². The number of nitrogens with two attached hydrogens (primary N) is 1. The number of thiazole rings is 1. The number of aryl methyl sites for hydroxylation is 1. The van der Waals surface area contributed by atoms with Gasteiger partial charge in [0.2, 0.25) is 0 Å². The van der Waals surface area contributed by atoms with Crippen molar-refractivity contribution in [3.63, 3.8) is 0 Å². The van der Waals surface area contributed by atoms with E-state index >= 15 is 0 Å². The van der Waals surface area contributed by atoms with E-state index in [2.05, 4.69) is 20.9 Å². The average Bonchev–Trinajstić information content (AvgIpc) is 2.91. The summed E-state index contributed by atoms with van der Waals surface area (Å²) < 4.78 is 1.07. The Labute approximate surface area is 128 Å². The summed E-state index contributed by atoms with van der Waals surface area (Å²) in [6, 6.07) is 4.02. The van der Waals surface area contributed by atoms with E-state index in [4.69, 9.17) is 5.73 Å². The van der Waals surface area contributed by atoms with E-state index < -0.39 is 0 Å². The lowest BCUT2D eigenvalue weighted by molar-refractivity contribution is 0.0758. The molecule has 0 spiro atoms. The first-order chi connectivity index (χ1) is 9.01. The molecule has 2 aromatic heterocycles. The van der Waals surface area contributed by atoms with Gasteiger partial charge in [-0.25, -0.2) is 4.98 Å². The molecule has 102 valence electrons.